The topological polar surface area (TPSA) is 52.3 Å². The lowest BCUT2D eigenvalue weighted by atomic mass is 10.2. The number of nitrogens with zero attached hydrogens (tertiary/aromatic N) is 1. The van der Waals surface area contributed by atoms with Crippen molar-refractivity contribution in [1.29, 1.82) is 0 Å². The molecule has 1 aromatic carbocycles. The van der Waals surface area contributed by atoms with Crippen molar-refractivity contribution in [2.75, 3.05) is 0 Å². The van der Waals surface area contributed by atoms with E-state index in [-0.39, 0.29) is 0 Å². The molecule has 0 aliphatic heterocycles. The summed E-state index contributed by atoms with van der Waals surface area (Å²) < 4.78 is 10.4. The Balaban J connectivity index is 1.83. The smallest absolute Gasteiger partial charge is 0.171 e. The largest absolute Gasteiger partial charge is 0.369 e. The summed E-state index contributed by atoms with van der Waals surface area (Å²) >= 11 is 0. The van der Waals surface area contributed by atoms with Crippen molar-refractivity contribution in [1.82, 2.24) is 5.16 Å². The molecule has 0 aliphatic rings. The third-order valence-corrected chi connectivity index (χ3v) is 2.33. The Morgan fingerprint density at radius 2 is 2.06 bits per heavy atom. The second-order valence-electron chi connectivity index (χ2n) is 3.81. The van der Waals surface area contributed by atoms with Crippen molar-refractivity contribution in [2.24, 2.45) is 0 Å². The number of aryl methyl sites for hydroxylation is 1. The third-order valence-electron chi connectivity index (χ3n) is 2.33. The summed E-state index contributed by atoms with van der Waals surface area (Å²) in [4.78, 5) is 10.4. The van der Waals surface area contributed by atoms with Crippen LogP contribution in [0.1, 0.15) is 27.4 Å². The molecule has 0 bridgehead atoms. The van der Waals surface area contributed by atoms with Crippen LogP contribution in [-0.2, 0) is 18.0 Å². The average molecular weight is 231 g/mol. The van der Waals surface area contributed by atoms with Crippen LogP contribution in [0.4, 0.5) is 0 Å². The Labute approximate surface area is 99.2 Å². The second-order valence-corrected chi connectivity index (χ2v) is 3.81. The van der Waals surface area contributed by atoms with Gasteiger partial charge in [0, 0.05) is 6.07 Å². The standard InChI is InChI=1S/C13H13NO3/c1-10-2-4-11(5-3-10)8-16-9-13-6-12(7-15)14-17-13/h2-7H,8-9H2,1H3. The van der Waals surface area contributed by atoms with Gasteiger partial charge in [0.2, 0.25) is 0 Å². The normalized spacial score (nSPS) is 10.4. The number of aldehydes is 1. The minimum Gasteiger partial charge on any atom is -0.369 e. The highest BCUT2D eigenvalue weighted by Gasteiger charge is 2.03. The van der Waals surface area contributed by atoms with Crippen molar-refractivity contribution in [3.8, 4) is 0 Å². The fraction of sp³-hybridized carbons (Fsp3) is 0.231. The van der Waals surface area contributed by atoms with Crippen LogP contribution in [0, 0.1) is 6.92 Å². The molecule has 0 spiro atoms. The summed E-state index contributed by atoms with van der Waals surface area (Å²) in [7, 11) is 0. The fourth-order valence-electron chi connectivity index (χ4n) is 1.41. The molecule has 17 heavy (non-hydrogen) atoms. The molecule has 0 saturated carbocycles. The molecule has 4 nitrogen and oxygen atoms in total. The lowest BCUT2D eigenvalue weighted by Gasteiger charge is -2.02. The SMILES string of the molecule is Cc1ccc(COCc2cc(C=O)no2)cc1. The number of hydrogen-bond donors (Lipinski definition) is 0. The predicted molar refractivity (Wildman–Crippen MR) is 61.6 cm³/mol. The molecule has 1 aromatic heterocycles. The van der Waals surface area contributed by atoms with Gasteiger partial charge in [-0.25, -0.2) is 0 Å². The van der Waals surface area contributed by atoms with Crippen LogP contribution in [0.15, 0.2) is 34.9 Å². The Kier molecular flexibility index (Phi) is 3.67. The minimum absolute atomic E-state index is 0.291. The van der Waals surface area contributed by atoms with Gasteiger partial charge in [0.05, 0.1) is 6.61 Å². The first kappa shape index (κ1) is 11.5. The van der Waals surface area contributed by atoms with Gasteiger partial charge in [0.25, 0.3) is 0 Å². The van der Waals surface area contributed by atoms with Gasteiger partial charge in [-0.3, -0.25) is 4.79 Å². The number of hydrogen-bond acceptors (Lipinski definition) is 4. The van der Waals surface area contributed by atoms with Crippen LogP contribution in [0.3, 0.4) is 0 Å². The molecule has 2 aromatic rings. The van der Waals surface area contributed by atoms with Gasteiger partial charge in [-0.1, -0.05) is 35.0 Å². The van der Waals surface area contributed by atoms with E-state index in [1.54, 1.807) is 6.07 Å². The lowest BCUT2D eigenvalue weighted by Crippen LogP contribution is -1.93. The molecule has 0 saturated heterocycles. The summed E-state index contributed by atoms with van der Waals surface area (Å²) in [6.45, 7) is 2.87. The average Bonchev–Trinajstić information content (AvgIpc) is 2.80. The van der Waals surface area contributed by atoms with Crippen molar-refractivity contribution >= 4 is 6.29 Å². The van der Waals surface area contributed by atoms with Crippen molar-refractivity contribution in [2.45, 2.75) is 20.1 Å². The third kappa shape index (κ3) is 3.26. The van der Waals surface area contributed by atoms with Crippen molar-refractivity contribution in [3.05, 3.63) is 52.9 Å². The highest BCUT2D eigenvalue weighted by Crippen LogP contribution is 2.08. The van der Waals surface area contributed by atoms with E-state index in [4.69, 9.17) is 9.26 Å². The van der Waals surface area contributed by atoms with E-state index in [0.29, 0.717) is 31.0 Å². The maximum Gasteiger partial charge on any atom is 0.171 e. The van der Waals surface area contributed by atoms with Crippen LogP contribution in [-0.4, -0.2) is 11.4 Å². The molecule has 0 fully saturated rings. The highest BCUT2D eigenvalue weighted by atomic mass is 16.5. The van der Waals surface area contributed by atoms with E-state index in [0.717, 1.165) is 5.56 Å². The van der Waals surface area contributed by atoms with Gasteiger partial charge in [-0.15, -0.1) is 0 Å². The predicted octanol–water partition coefficient (Wildman–Crippen LogP) is 2.51. The molecular formula is C13H13NO3. The Morgan fingerprint density at radius 1 is 1.29 bits per heavy atom. The van der Waals surface area contributed by atoms with Gasteiger partial charge in [-0.05, 0) is 12.5 Å². The summed E-state index contributed by atoms with van der Waals surface area (Å²) in [5.74, 6) is 0.555. The minimum atomic E-state index is 0.291. The van der Waals surface area contributed by atoms with E-state index in [9.17, 15) is 4.79 Å². The Hall–Kier alpha value is -1.94. The second kappa shape index (κ2) is 5.41. The molecule has 0 aliphatic carbocycles. The molecule has 0 atom stereocenters. The molecule has 4 heteroatoms. The van der Waals surface area contributed by atoms with E-state index in [1.165, 1.54) is 5.56 Å². The summed E-state index contributed by atoms with van der Waals surface area (Å²) in [5, 5.41) is 3.55. The van der Waals surface area contributed by atoms with Gasteiger partial charge < -0.3 is 9.26 Å². The van der Waals surface area contributed by atoms with Crippen molar-refractivity contribution < 1.29 is 14.1 Å². The Bertz CT molecular complexity index is 488. The summed E-state index contributed by atoms with van der Waals surface area (Å²) in [6.07, 6.45) is 0.646. The summed E-state index contributed by atoms with van der Waals surface area (Å²) in [5.41, 5.74) is 2.62. The fourth-order valence-corrected chi connectivity index (χ4v) is 1.41. The number of carbonyl (C=O) groups is 1. The molecule has 0 N–H and O–H groups in total. The van der Waals surface area contributed by atoms with E-state index >= 15 is 0 Å². The molecule has 2 rings (SSSR count). The van der Waals surface area contributed by atoms with Gasteiger partial charge >= 0.3 is 0 Å². The van der Waals surface area contributed by atoms with Crippen LogP contribution in [0.5, 0.6) is 0 Å². The lowest BCUT2D eigenvalue weighted by molar-refractivity contribution is 0.0882. The first-order chi connectivity index (χ1) is 8.28. The molecule has 0 amide bonds. The van der Waals surface area contributed by atoms with Gasteiger partial charge in [0.1, 0.15) is 12.3 Å². The zero-order valence-corrected chi connectivity index (χ0v) is 9.55. The van der Waals surface area contributed by atoms with Crippen molar-refractivity contribution in [3.63, 3.8) is 0 Å². The number of rotatable bonds is 5. The summed E-state index contributed by atoms with van der Waals surface area (Å²) in [6, 6.07) is 9.69. The van der Waals surface area contributed by atoms with Crippen LogP contribution < -0.4 is 0 Å². The monoisotopic (exact) mass is 231 g/mol. The van der Waals surface area contributed by atoms with E-state index < -0.39 is 0 Å². The van der Waals surface area contributed by atoms with Gasteiger partial charge in [-0.2, -0.15) is 0 Å². The van der Waals surface area contributed by atoms with Gasteiger partial charge in [0.15, 0.2) is 12.0 Å². The molecule has 88 valence electrons. The van der Waals surface area contributed by atoms with Crippen LogP contribution >= 0.6 is 0 Å². The van der Waals surface area contributed by atoms with Crippen LogP contribution in [0.25, 0.3) is 0 Å². The zero-order valence-electron chi connectivity index (χ0n) is 9.55. The zero-order chi connectivity index (χ0) is 12.1. The number of carbonyl (C=O) groups excluding carboxylic acids is 1. The number of ether oxygens (including phenoxy) is 1. The maximum atomic E-state index is 10.4. The van der Waals surface area contributed by atoms with Crippen LogP contribution in [0.2, 0.25) is 0 Å². The number of aromatic nitrogens is 1. The molecule has 1 heterocycles. The quantitative estimate of drug-likeness (QED) is 0.742. The van der Waals surface area contributed by atoms with E-state index in [2.05, 4.69) is 5.16 Å². The molecule has 0 unspecified atom stereocenters. The first-order valence-electron chi connectivity index (χ1n) is 5.32. The molecule has 0 radical (unpaired) electrons. The highest BCUT2D eigenvalue weighted by molar-refractivity contribution is 5.71. The van der Waals surface area contributed by atoms with E-state index in [1.807, 2.05) is 31.2 Å². The maximum absolute atomic E-state index is 10.4. The number of benzene rings is 1. The first-order valence-corrected chi connectivity index (χ1v) is 5.32. The molecular weight excluding hydrogens is 218 g/mol. The Morgan fingerprint density at radius 3 is 2.71 bits per heavy atom.